The topological polar surface area (TPSA) is 82.2 Å². The smallest absolute Gasteiger partial charge is 0.268 e. The van der Waals surface area contributed by atoms with Crippen molar-refractivity contribution in [3.05, 3.63) is 23.5 Å². The van der Waals surface area contributed by atoms with Crippen molar-refractivity contribution in [3.8, 4) is 0 Å². The number of aromatic nitrogens is 1. The second-order valence-corrected chi connectivity index (χ2v) is 3.62. The third-order valence-corrected chi connectivity index (χ3v) is 2.38. The fraction of sp³-hybridized carbons (Fsp3) is 0.455. The highest BCUT2D eigenvalue weighted by Gasteiger charge is 2.13. The molecule has 0 spiro atoms. The third kappa shape index (κ3) is 2.93. The molecule has 3 N–H and O–H groups in total. The SMILES string of the molecule is CC[C@H](CO)NC(=O)c1cc(C(C)=O)c[nH]1. The molecular formula is C11H16N2O3. The van der Waals surface area contributed by atoms with Crippen LogP contribution >= 0.6 is 0 Å². The van der Waals surface area contributed by atoms with Crippen molar-refractivity contribution in [2.24, 2.45) is 0 Å². The highest BCUT2D eigenvalue weighted by molar-refractivity contribution is 5.99. The normalized spacial score (nSPS) is 12.2. The molecule has 5 nitrogen and oxygen atoms in total. The van der Waals surface area contributed by atoms with Crippen LogP contribution in [0.5, 0.6) is 0 Å². The fourth-order valence-electron chi connectivity index (χ4n) is 1.27. The predicted octanol–water partition coefficient (Wildman–Crippen LogP) is 0.718. The van der Waals surface area contributed by atoms with E-state index in [0.29, 0.717) is 17.7 Å². The molecule has 5 heteroatoms. The largest absolute Gasteiger partial charge is 0.394 e. The van der Waals surface area contributed by atoms with Gasteiger partial charge in [-0.3, -0.25) is 9.59 Å². The Balaban J connectivity index is 2.69. The number of H-pyrrole nitrogens is 1. The summed E-state index contributed by atoms with van der Waals surface area (Å²) in [6.07, 6.45) is 2.15. The van der Waals surface area contributed by atoms with Crippen molar-refractivity contribution < 1.29 is 14.7 Å². The molecule has 88 valence electrons. The average molecular weight is 224 g/mol. The maximum atomic E-state index is 11.6. The number of amides is 1. The summed E-state index contributed by atoms with van der Waals surface area (Å²) in [5.41, 5.74) is 0.805. The number of carbonyl (C=O) groups is 2. The number of rotatable bonds is 5. The van der Waals surface area contributed by atoms with Crippen LogP contribution in [0.2, 0.25) is 0 Å². The van der Waals surface area contributed by atoms with Crippen molar-refractivity contribution in [3.63, 3.8) is 0 Å². The van der Waals surface area contributed by atoms with E-state index in [1.54, 1.807) is 0 Å². The van der Waals surface area contributed by atoms with Gasteiger partial charge in [0.15, 0.2) is 5.78 Å². The molecule has 16 heavy (non-hydrogen) atoms. The van der Waals surface area contributed by atoms with E-state index in [4.69, 9.17) is 5.11 Å². The zero-order chi connectivity index (χ0) is 12.1. The molecule has 0 bridgehead atoms. The summed E-state index contributed by atoms with van der Waals surface area (Å²) < 4.78 is 0. The van der Waals surface area contributed by atoms with Crippen LogP contribution in [0.4, 0.5) is 0 Å². The van der Waals surface area contributed by atoms with E-state index in [1.165, 1.54) is 19.2 Å². The molecule has 1 atom stereocenters. The third-order valence-electron chi connectivity index (χ3n) is 2.38. The summed E-state index contributed by atoms with van der Waals surface area (Å²) in [6, 6.07) is 1.25. The zero-order valence-electron chi connectivity index (χ0n) is 9.41. The molecule has 0 saturated heterocycles. The summed E-state index contributed by atoms with van der Waals surface area (Å²) in [6.45, 7) is 3.22. The number of aliphatic hydroxyl groups excluding tert-OH is 1. The van der Waals surface area contributed by atoms with Crippen LogP contribution in [-0.4, -0.2) is 34.4 Å². The van der Waals surface area contributed by atoms with E-state index in [9.17, 15) is 9.59 Å². The molecule has 0 radical (unpaired) electrons. The van der Waals surface area contributed by atoms with Crippen LogP contribution < -0.4 is 5.32 Å². The molecule has 1 aromatic heterocycles. The lowest BCUT2D eigenvalue weighted by Gasteiger charge is -2.12. The van der Waals surface area contributed by atoms with E-state index in [-0.39, 0.29) is 24.3 Å². The Morgan fingerprint density at radius 1 is 1.56 bits per heavy atom. The minimum Gasteiger partial charge on any atom is -0.394 e. The van der Waals surface area contributed by atoms with Crippen molar-refractivity contribution in [1.29, 1.82) is 0 Å². The first kappa shape index (κ1) is 12.4. The lowest BCUT2D eigenvalue weighted by atomic mass is 10.2. The second kappa shape index (κ2) is 5.46. The minimum atomic E-state index is -0.312. The quantitative estimate of drug-likeness (QED) is 0.644. The summed E-state index contributed by atoms with van der Waals surface area (Å²) in [5.74, 6) is -0.405. The van der Waals surface area contributed by atoms with Gasteiger partial charge in [0.25, 0.3) is 5.91 Å². The molecule has 0 aliphatic rings. The number of Topliss-reactive ketones (excluding diaryl/α,β-unsaturated/α-hetero) is 1. The van der Waals surface area contributed by atoms with Gasteiger partial charge in [-0.05, 0) is 19.4 Å². The van der Waals surface area contributed by atoms with Gasteiger partial charge >= 0.3 is 0 Å². The molecular weight excluding hydrogens is 208 g/mol. The number of aliphatic hydroxyl groups is 1. The summed E-state index contributed by atoms with van der Waals surface area (Å²) in [7, 11) is 0. The predicted molar refractivity (Wildman–Crippen MR) is 59.4 cm³/mol. The van der Waals surface area contributed by atoms with Gasteiger partial charge in [0.05, 0.1) is 12.6 Å². The fourth-order valence-corrected chi connectivity index (χ4v) is 1.27. The molecule has 0 aliphatic carbocycles. The Morgan fingerprint density at radius 2 is 2.25 bits per heavy atom. The van der Waals surface area contributed by atoms with Gasteiger partial charge in [-0.1, -0.05) is 6.92 Å². The van der Waals surface area contributed by atoms with Gasteiger partial charge in [-0.15, -0.1) is 0 Å². The summed E-state index contributed by atoms with van der Waals surface area (Å²) in [5, 5.41) is 11.6. The minimum absolute atomic E-state index is 0.0931. The van der Waals surface area contributed by atoms with Crippen molar-refractivity contribution in [2.45, 2.75) is 26.3 Å². The molecule has 1 rings (SSSR count). The standard InChI is InChI=1S/C11H16N2O3/c1-3-9(6-14)13-11(16)10-4-8(5-12-10)7(2)15/h4-5,9,12,14H,3,6H2,1-2H3,(H,13,16)/t9-/m1/s1. The number of ketones is 1. The summed E-state index contributed by atoms with van der Waals surface area (Å²) >= 11 is 0. The summed E-state index contributed by atoms with van der Waals surface area (Å²) in [4.78, 5) is 25.4. The number of hydrogen-bond donors (Lipinski definition) is 3. The van der Waals surface area contributed by atoms with Crippen LogP contribution in [0.15, 0.2) is 12.3 Å². The molecule has 0 aromatic carbocycles. The van der Waals surface area contributed by atoms with Crippen LogP contribution in [0, 0.1) is 0 Å². The molecule has 1 aromatic rings. The lowest BCUT2D eigenvalue weighted by Crippen LogP contribution is -2.37. The van der Waals surface area contributed by atoms with Crippen molar-refractivity contribution in [2.75, 3.05) is 6.61 Å². The first-order valence-electron chi connectivity index (χ1n) is 5.19. The van der Waals surface area contributed by atoms with Gasteiger partial charge in [-0.2, -0.15) is 0 Å². The average Bonchev–Trinajstić information content (AvgIpc) is 2.74. The van der Waals surface area contributed by atoms with E-state index >= 15 is 0 Å². The van der Waals surface area contributed by atoms with E-state index < -0.39 is 0 Å². The van der Waals surface area contributed by atoms with Crippen LogP contribution in [-0.2, 0) is 0 Å². The van der Waals surface area contributed by atoms with E-state index in [1.807, 2.05) is 6.92 Å². The van der Waals surface area contributed by atoms with Crippen LogP contribution in [0.1, 0.15) is 41.1 Å². The highest BCUT2D eigenvalue weighted by Crippen LogP contribution is 2.04. The van der Waals surface area contributed by atoms with Gasteiger partial charge in [0.1, 0.15) is 5.69 Å². The van der Waals surface area contributed by atoms with E-state index in [0.717, 1.165) is 0 Å². The van der Waals surface area contributed by atoms with Gasteiger partial charge in [-0.25, -0.2) is 0 Å². The Labute approximate surface area is 93.9 Å². The molecule has 0 aliphatic heterocycles. The Morgan fingerprint density at radius 3 is 2.69 bits per heavy atom. The number of hydrogen-bond acceptors (Lipinski definition) is 3. The van der Waals surface area contributed by atoms with Gasteiger partial charge in [0.2, 0.25) is 0 Å². The first-order chi connectivity index (χ1) is 7.58. The lowest BCUT2D eigenvalue weighted by molar-refractivity contribution is 0.0910. The van der Waals surface area contributed by atoms with E-state index in [2.05, 4.69) is 10.3 Å². The van der Waals surface area contributed by atoms with Gasteiger partial charge < -0.3 is 15.4 Å². The number of nitrogens with one attached hydrogen (secondary N) is 2. The highest BCUT2D eigenvalue weighted by atomic mass is 16.3. The second-order valence-electron chi connectivity index (χ2n) is 3.62. The maximum Gasteiger partial charge on any atom is 0.268 e. The Hall–Kier alpha value is -1.62. The zero-order valence-corrected chi connectivity index (χ0v) is 9.41. The Bertz CT molecular complexity index is 380. The van der Waals surface area contributed by atoms with Crippen molar-refractivity contribution >= 4 is 11.7 Å². The maximum absolute atomic E-state index is 11.6. The molecule has 1 heterocycles. The first-order valence-corrected chi connectivity index (χ1v) is 5.19. The monoisotopic (exact) mass is 224 g/mol. The van der Waals surface area contributed by atoms with Crippen LogP contribution in [0.3, 0.4) is 0 Å². The molecule has 1 amide bonds. The molecule has 0 fully saturated rings. The van der Waals surface area contributed by atoms with Crippen molar-refractivity contribution in [1.82, 2.24) is 10.3 Å². The van der Waals surface area contributed by atoms with Gasteiger partial charge in [0, 0.05) is 11.8 Å². The Kier molecular flexibility index (Phi) is 4.25. The van der Waals surface area contributed by atoms with Crippen LogP contribution in [0.25, 0.3) is 0 Å². The number of carbonyl (C=O) groups excluding carboxylic acids is 2. The number of aromatic amines is 1. The molecule has 0 saturated carbocycles. The molecule has 0 unspecified atom stereocenters.